The van der Waals surface area contributed by atoms with Crippen LogP contribution in [0.2, 0.25) is 0 Å². The molecule has 28 heavy (non-hydrogen) atoms. The minimum atomic E-state index is -0.705. The lowest BCUT2D eigenvalue weighted by molar-refractivity contribution is -0.123. The summed E-state index contributed by atoms with van der Waals surface area (Å²) < 4.78 is 6.09. The number of ether oxygens (including phenoxy) is 1. The van der Waals surface area contributed by atoms with Gasteiger partial charge in [-0.3, -0.25) is 10.1 Å². The van der Waals surface area contributed by atoms with Crippen molar-refractivity contribution in [2.75, 3.05) is 6.61 Å². The highest BCUT2D eigenvalue weighted by Crippen LogP contribution is 2.32. The van der Waals surface area contributed by atoms with E-state index in [2.05, 4.69) is 15.6 Å². The van der Waals surface area contributed by atoms with Crippen LogP contribution in [-0.2, 0) is 9.53 Å². The summed E-state index contributed by atoms with van der Waals surface area (Å²) in [6.07, 6.45) is 0. The van der Waals surface area contributed by atoms with Gasteiger partial charge in [0.15, 0.2) is 6.61 Å². The monoisotopic (exact) mass is 397 g/mol. The Bertz CT molecular complexity index is 996. The fraction of sp³-hybridized carbons (Fsp3) is 0.200. The van der Waals surface area contributed by atoms with Crippen LogP contribution >= 0.6 is 11.3 Å². The number of para-hydroxylation sites is 1. The van der Waals surface area contributed by atoms with Crippen molar-refractivity contribution in [2.24, 2.45) is 0 Å². The van der Waals surface area contributed by atoms with Crippen LogP contribution in [0.1, 0.15) is 24.2 Å². The Balaban J connectivity index is 1.71. The van der Waals surface area contributed by atoms with Crippen molar-refractivity contribution >= 4 is 39.5 Å². The topological polar surface area (TPSA) is 97.4 Å². The summed E-state index contributed by atoms with van der Waals surface area (Å²) in [6, 6.07) is 13.9. The van der Waals surface area contributed by atoms with Gasteiger partial charge >= 0.3 is 12.0 Å². The molecule has 0 saturated heterocycles. The van der Waals surface area contributed by atoms with Crippen molar-refractivity contribution in [3.8, 4) is 10.6 Å². The molecule has 7 nitrogen and oxygen atoms in total. The summed E-state index contributed by atoms with van der Waals surface area (Å²) in [5.41, 5.74) is 1.79. The van der Waals surface area contributed by atoms with Gasteiger partial charge in [0.25, 0.3) is 5.91 Å². The van der Waals surface area contributed by atoms with Gasteiger partial charge in [-0.25, -0.2) is 14.6 Å². The Labute approximate surface area is 165 Å². The van der Waals surface area contributed by atoms with Crippen LogP contribution in [0.5, 0.6) is 0 Å². The number of benzene rings is 2. The molecule has 2 aromatic carbocycles. The molecule has 0 saturated carbocycles. The molecule has 0 aliphatic heterocycles. The molecule has 0 spiro atoms. The Hall–Kier alpha value is -3.26. The Morgan fingerprint density at radius 2 is 1.79 bits per heavy atom. The van der Waals surface area contributed by atoms with Crippen molar-refractivity contribution in [1.82, 2.24) is 15.6 Å². The molecule has 0 unspecified atom stereocenters. The van der Waals surface area contributed by atoms with E-state index in [1.807, 2.05) is 24.3 Å². The molecule has 0 radical (unpaired) electrons. The van der Waals surface area contributed by atoms with Crippen LogP contribution in [0, 0.1) is 0 Å². The average Bonchev–Trinajstić information content (AvgIpc) is 3.09. The van der Waals surface area contributed by atoms with Crippen molar-refractivity contribution in [1.29, 1.82) is 0 Å². The van der Waals surface area contributed by atoms with E-state index < -0.39 is 24.5 Å². The lowest BCUT2D eigenvalue weighted by Gasteiger charge is -2.10. The minimum absolute atomic E-state index is 0.115. The zero-order valence-corrected chi connectivity index (χ0v) is 16.2. The maximum Gasteiger partial charge on any atom is 0.339 e. The molecule has 0 aliphatic carbocycles. The predicted octanol–water partition coefficient (Wildman–Crippen LogP) is 3.35. The quantitative estimate of drug-likeness (QED) is 0.644. The van der Waals surface area contributed by atoms with Gasteiger partial charge in [0.1, 0.15) is 5.01 Å². The van der Waals surface area contributed by atoms with Crippen LogP contribution in [0.25, 0.3) is 20.8 Å². The number of carbonyl (C=O) groups is 3. The van der Waals surface area contributed by atoms with E-state index in [1.54, 1.807) is 38.1 Å². The first-order chi connectivity index (χ1) is 13.4. The second-order valence-electron chi connectivity index (χ2n) is 6.28. The Kier molecular flexibility index (Phi) is 6.00. The molecule has 8 heteroatoms. The SMILES string of the molecule is CC(C)NC(=O)NC(=O)COC(=O)c1ccccc1-c1nc2ccccc2s1. The minimum Gasteiger partial charge on any atom is -0.452 e. The maximum absolute atomic E-state index is 12.5. The molecule has 1 aromatic heterocycles. The van der Waals surface area contributed by atoms with Gasteiger partial charge in [-0.05, 0) is 32.0 Å². The molecule has 144 valence electrons. The van der Waals surface area contributed by atoms with Crippen LogP contribution < -0.4 is 10.6 Å². The fourth-order valence-corrected chi connectivity index (χ4v) is 3.51. The second-order valence-corrected chi connectivity index (χ2v) is 7.32. The van der Waals surface area contributed by atoms with E-state index >= 15 is 0 Å². The van der Waals surface area contributed by atoms with Crippen molar-refractivity contribution in [3.05, 3.63) is 54.1 Å². The smallest absolute Gasteiger partial charge is 0.339 e. The third-order valence-corrected chi connectivity index (χ3v) is 4.75. The highest BCUT2D eigenvalue weighted by molar-refractivity contribution is 7.21. The van der Waals surface area contributed by atoms with E-state index in [-0.39, 0.29) is 6.04 Å². The van der Waals surface area contributed by atoms with Crippen molar-refractivity contribution in [3.63, 3.8) is 0 Å². The van der Waals surface area contributed by atoms with Gasteiger partial charge in [-0.2, -0.15) is 0 Å². The molecule has 3 aromatic rings. The molecular formula is C20H19N3O4S. The first-order valence-electron chi connectivity index (χ1n) is 8.66. The second kappa shape index (κ2) is 8.62. The number of rotatable bonds is 5. The average molecular weight is 397 g/mol. The molecular weight excluding hydrogens is 378 g/mol. The first kappa shape index (κ1) is 19.5. The molecule has 1 heterocycles. The van der Waals surface area contributed by atoms with E-state index in [4.69, 9.17) is 4.74 Å². The number of nitrogens with zero attached hydrogens (tertiary/aromatic N) is 1. The largest absolute Gasteiger partial charge is 0.452 e. The summed E-state index contributed by atoms with van der Waals surface area (Å²) in [6.45, 7) is 2.98. The number of esters is 1. The normalized spacial score (nSPS) is 10.7. The molecule has 2 N–H and O–H groups in total. The van der Waals surface area contributed by atoms with Crippen LogP contribution in [-0.4, -0.2) is 35.5 Å². The van der Waals surface area contributed by atoms with Gasteiger partial charge in [-0.15, -0.1) is 11.3 Å². The fourth-order valence-electron chi connectivity index (χ4n) is 2.50. The summed E-state index contributed by atoms with van der Waals surface area (Å²) in [5, 5.41) is 5.31. The van der Waals surface area contributed by atoms with E-state index in [9.17, 15) is 14.4 Å². The Morgan fingerprint density at radius 3 is 2.54 bits per heavy atom. The van der Waals surface area contributed by atoms with E-state index in [0.29, 0.717) is 16.1 Å². The summed E-state index contributed by atoms with van der Waals surface area (Å²) in [7, 11) is 0. The van der Waals surface area contributed by atoms with E-state index in [1.165, 1.54) is 11.3 Å². The van der Waals surface area contributed by atoms with Crippen LogP contribution in [0.15, 0.2) is 48.5 Å². The summed E-state index contributed by atoms with van der Waals surface area (Å²) in [4.78, 5) is 40.4. The molecule has 0 bridgehead atoms. The summed E-state index contributed by atoms with van der Waals surface area (Å²) in [5.74, 6) is -1.36. The number of hydrogen-bond donors (Lipinski definition) is 2. The maximum atomic E-state index is 12.5. The zero-order chi connectivity index (χ0) is 20.1. The lowest BCUT2D eigenvalue weighted by Crippen LogP contribution is -2.44. The number of amides is 3. The van der Waals surface area contributed by atoms with Gasteiger partial charge in [0.05, 0.1) is 15.8 Å². The standard InChI is InChI=1S/C20H19N3O4S/c1-12(2)21-20(26)23-17(24)11-27-19(25)14-8-4-3-7-13(14)18-22-15-9-5-6-10-16(15)28-18/h3-10,12H,11H2,1-2H3,(H2,21,23,24,26). The van der Waals surface area contributed by atoms with Crippen molar-refractivity contribution < 1.29 is 19.1 Å². The molecule has 3 amide bonds. The van der Waals surface area contributed by atoms with Gasteiger partial charge < -0.3 is 10.1 Å². The molecule has 0 fully saturated rings. The third kappa shape index (κ3) is 4.72. The number of aromatic nitrogens is 1. The number of imide groups is 1. The number of urea groups is 1. The molecule has 0 aliphatic rings. The number of fused-ring (bicyclic) bond motifs is 1. The number of nitrogens with one attached hydrogen (secondary N) is 2. The zero-order valence-electron chi connectivity index (χ0n) is 15.4. The predicted molar refractivity (Wildman–Crippen MR) is 107 cm³/mol. The number of hydrogen-bond acceptors (Lipinski definition) is 6. The number of thiazole rings is 1. The highest BCUT2D eigenvalue weighted by Gasteiger charge is 2.18. The highest BCUT2D eigenvalue weighted by atomic mass is 32.1. The number of carbonyl (C=O) groups excluding carboxylic acids is 3. The first-order valence-corrected chi connectivity index (χ1v) is 9.48. The van der Waals surface area contributed by atoms with Crippen LogP contribution in [0.3, 0.4) is 0 Å². The lowest BCUT2D eigenvalue weighted by atomic mass is 10.1. The van der Waals surface area contributed by atoms with E-state index in [0.717, 1.165) is 10.2 Å². The Morgan fingerprint density at radius 1 is 1.07 bits per heavy atom. The summed E-state index contributed by atoms with van der Waals surface area (Å²) >= 11 is 1.47. The van der Waals surface area contributed by atoms with Gasteiger partial charge in [0.2, 0.25) is 0 Å². The van der Waals surface area contributed by atoms with Gasteiger partial charge in [-0.1, -0.05) is 30.3 Å². The van der Waals surface area contributed by atoms with Crippen LogP contribution in [0.4, 0.5) is 4.79 Å². The van der Waals surface area contributed by atoms with Gasteiger partial charge in [0, 0.05) is 11.6 Å². The third-order valence-electron chi connectivity index (χ3n) is 3.68. The van der Waals surface area contributed by atoms with Crippen molar-refractivity contribution in [2.45, 2.75) is 19.9 Å². The molecule has 0 atom stereocenters. The molecule has 3 rings (SSSR count).